The SMILES string of the molecule is O=C(CN1CCCC[C@@H]1c1ccccn1)NCC1CCCCC1. The molecule has 1 saturated carbocycles. The third-order valence-corrected chi connectivity index (χ3v) is 5.30. The van der Waals surface area contributed by atoms with Crippen LogP contribution in [0.1, 0.15) is 63.1 Å². The fourth-order valence-corrected chi connectivity index (χ4v) is 3.98. The quantitative estimate of drug-likeness (QED) is 0.907. The van der Waals surface area contributed by atoms with Crippen LogP contribution in [0, 0.1) is 5.92 Å². The van der Waals surface area contributed by atoms with E-state index in [0.29, 0.717) is 18.5 Å². The largest absolute Gasteiger partial charge is 0.355 e. The number of nitrogens with zero attached hydrogens (tertiary/aromatic N) is 2. The van der Waals surface area contributed by atoms with Crippen LogP contribution in [-0.4, -0.2) is 35.4 Å². The summed E-state index contributed by atoms with van der Waals surface area (Å²) in [5.41, 5.74) is 1.10. The number of carbonyl (C=O) groups excluding carboxylic acids is 1. The molecular formula is C19H29N3O. The van der Waals surface area contributed by atoms with Crippen molar-refractivity contribution in [1.82, 2.24) is 15.2 Å². The van der Waals surface area contributed by atoms with Crippen molar-refractivity contribution in [3.05, 3.63) is 30.1 Å². The second-order valence-corrected chi connectivity index (χ2v) is 7.04. The van der Waals surface area contributed by atoms with Crippen molar-refractivity contribution in [2.75, 3.05) is 19.6 Å². The van der Waals surface area contributed by atoms with Crippen LogP contribution < -0.4 is 5.32 Å². The molecule has 1 aliphatic heterocycles. The summed E-state index contributed by atoms with van der Waals surface area (Å²) in [5.74, 6) is 0.874. The lowest BCUT2D eigenvalue weighted by Gasteiger charge is -2.35. The summed E-state index contributed by atoms with van der Waals surface area (Å²) in [6, 6.07) is 6.37. The van der Waals surface area contributed by atoms with E-state index < -0.39 is 0 Å². The summed E-state index contributed by atoms with van der Waals surface area (Å²) in [4.78, 5) is 19.2. The first kappa shape index (κ1) is 16.4. The van der Waals surface area contributed by atoms with Gasteiger partial charge in [-0.05, 0) is 50.3 Å². The van der Waals surface area contributed by atoms with Crippen molar-refractivity contribution < 1.29 is 4.79 Å². The molecule has 1 aromatic rings. The molecule has 1 amide bonds. The highest BCUT2D eigenvalue weighted by Crippen LogP contribution is 2.29. The van der Waals surface area contributed by atoms with Gasteiger partial charge in [0.05, 0.1) is 18.3 Å². The minimum atomic E-state index is 0.179. The van der Waals surface area contributed by atoms with E-state index in [1.165, 1.54) is 44.9 Å². The van der Waals surface area contributed by atoms with Gasteiger partial charge in [0.1, 0.15) is 0 Å². The van der Waals surface area contributed by atoms with Gasteiger partial charge < -0.3 is 5.32 Å². The number of rotatable bonds is 5. The summed E-state index contributed by atoms with van der Waals surface area (Å²) in [7, 11) is 0. The van der Waals surface area contributed by atoms with Gasteiger partial charge in [0.25, 0.3) is 0 Å². The Morgan fingerprint density at radius 2 is 1.96 bits per heavy atom. The molecule has 2 aliphatic rings. The van der Waals surface area contributed by atoms with Gasteiger partial charge in [-0.1, -0.05) is 31.7 Å². The van der Waals surface area contributed by atoms with Crippen molar-refractivity contribution in [2.45, 2.75) is 57.4 Å². The van der Waals surface area contributed by atoms with E-state index >= 15 is 0 Å². The molecule has 2 fully saturated rings. The van der Waals surface area contributed by atoms with Gasteiger partial charge in [-0.25, -0.2) is 0 Å². The lowest BCUT2D eigenvalue weighted by molar-refractivity contribution is -0.123. The summed E-state index contributed by atoms with van der Waals surface area (Å²) in [5, 5.41) is 3.17. The molecule has 1 aliphatic carbocycles. The van der Waals surface area contributed by atoms with Crippen molar-refractivity contribution in [1.29, 1.82) is 0 Å². The fraction of sp³-hybridized carbons (Fsp3) is 0.684. The molecule has 1 saturated heterocycles. The van der Waals surface area contributed by atoms with Crippen LogP contribution >= 0.6 is 0 Å². The van der Waals surface area contributed by atoms with E-state index in [9.17, 15) is 4.79 Å². The zero-order valence-corrected chi connectivity index (χ0v) is 14.0. The fourth-order valence-electron chi connectivity index (χ4n) is 3.98. The Hall–Kier alpha value is -1.42. The van der Waals surface area contributed by atoms with Gasteiger partial charge in [0, 0.05) is 12.7 Å². The number of amides is 1. The van der Waals surface area contributed by atoms with Crippen LogP contribution in [0.25, 0.3) is 0 Å². The molecule has 3 rings (SSSR count). The molecule has 4 heteroatoms. The molecule has 0 aromatic carbocycles. The summed E-state index contributed by atoms with van der Waals surface area (Å²) in [6.45, 7) is 2.37. The lowest BCUT2D eigenvalue weighted by atomic mass is 9.89. The van der Waals surface area contributed by atoms with Crippen molar-refractivity contribution in [2.24, 2.45) is 5.92 Å². The predicted molar refractivity (Wildman–Crippen MR) is 92.0 cm³/mol. The Morgan fingerprint density at radius 1 is 1.13 bits per heavy atom. The van der Waals surface area contributed by atoms with Gasteiger partial charge >= 0.3 is 0 Å². The standard InChI is InChI=1S/C19H29N3O/c23-19(21-14-16-8-2-1-3-9-16)15-22-13-7-5-11-18(22)17-10-4-6-12-20-17/h4,6,10,12,16,18H,1-3,5,7-9,11,13-15H2,(H,21,23)/t18-/m1/s1. The van der Waals surface area contributed by atoms with Crippen molar-refractivity contribution >= 4 is 5.91 Å². The molecule has 0 bridgehead atoms. The Morgan fingerprint density at radius 3 is 2.74 bits per heavy atom. The molecule has 1 N–H and O–H groups in total. The van der Waals surface area contributed by atoms with E-state index in [0.717, 1.165) is 25.2 Å². The molecule has 23 heavy (non-hydrogen) atoms. The van der Waals surface area contributed by atoms with E-state index in [1.807, 2.05) is 18.3 Å². The first-order valence-corrected chi connectivity index (χ1v) is 9.24. The van der Waals surface area contributed by atoms with Gasteiger partial charge in [0.15, 0.2) is 0 Å². The zero-order chi connectivity index (χ0) is 15.9. The Kier molecular flexibility index (Phi) is 6.03. The second kappa shape index (κ2) is 8.44. The molecule has 0 spiro atoms. The maximum atomic E-state index is 12.4. The van der Waals surface area contributed by atoms with Gasteiger partial charge in [0.2, 0.25) is 5.91 Å². The van der Waals surface area contributed by atoms with E-state index in [1.54, 1.807) is 0 Å². The average molecular weight is 315 g/mol. The van der Waals surface area contributed by atoms with E-state index in [2.05, 4.69) is 21.3 Å². The second-order valence-electron chi connectivity index (χ2n) is 7.04. The first-order valence-electron chi connectivity index (χ1n) is 9.24. The summed E-state index contributed by atoms with van der Waals surface area (Å²) >= 11 is 0. The van der Waals surface area contributed by atoms with Crippen LogP contribution in [0.4, 0.5) is 0 Å². The topological polar surface area (TPSA) is 45.2 Å². The van der Waals surface area contributed by atoms with Crippen LogP contribution in [0.15, 0.2) is 24.4 Å². The Labute approximate surface area is 139 Å². The van der Waals surface area contributed by atoms with E-state index in [4.69, 9.17) is 0 Å². The molecule has 4 nitrogen and oxygen atoms in total. The number of pyridine rings is 1. The maximum Gasteiger partial charge on any atom is 0.234 e. The highest BCUT2D eigenvalue weighted by atomic mass is 16.2. The van der Waals surface area contributed by atoms with Crippen LogP contribution in [-0.2, 0) is 4.79 Å². The molecule has 1 aromatic heterocycles. The predicted octanol–water partition coefficient (Wildman–Crippen LogP) is 3.31. The highest BCUT2D eigenvalue weighted by Gasteiger charge is 2.26. The van der Waals surface area contributed by atoms with E-state index in [-0.39, 0.29) is 5.91 Å². The van der Waals surface area contributed by atoms with Crippen molar-refractivity contribution in [3.8, 4) is 0 Å². The number of hydrogen-bond donors (Lipinski definition) is 1. The number of likely N-dealkylation sites (tertiary alicyclic amines) is 1. The third kappa shape index (κ3) is 4.77. The minimum Gasteiger partial charge on any atom is -0.355 e. The lowest BCUT2D eigenvalue weighted by Crippen LogP contribution is -2.43. The van der Waals surface area contributed by atoms with Crippen LogP contribution in [0.3, 0.4) is 0 Å². The maximum absolute atomic E-state index is 12.4. The molecule has 2 heterocycles. The number of nitrogens with one attached hydrogen (secondary N) is 1. The highest BCUT2D eigenvalue weighted by molar-refractivity contribution is 5.78. The van der Waals surface area contributed by atoms with Crippen LogP contribution in [0.2, 0.25) is 0 Å². The van der Waals surface area contributed by atoms with Crippen LogP contribution in [0.5, 0.6) is 0 Å². The molecule has 1 atom stereocenters. The van der Waals surface area contributed by atoms with Gasteiger partial charge in [-0.2, -0.15) is 0 Å². The monoisotopic (exact) mass is 315 g/mol. The first-order chi connectivity index (χ1) is 11.3. The Balaban J connectivity index is 1.51. The smallest absolute Gasteiger partial charge is 0.234 e. The summed E-state index contributed by atoms with van der Waals surface area (Å²) < 4.78 is 0. The number of aromatic nitrogens is 1. The minimum absolute atomic E-state index is 0.179. The van der Waals surface area contributed by atoms with Gasteiger partial charge in [-0.15, -0.1) is 0 Å². The number of hydrogen-bond acceptors (Lipinski definition) is 3. The molecule has 0 unspecified atom stereocenters. The number of carbonyl (C=O) groups is 1. The summed E-state index contributed by atoms with van der Waals surface area (Å²) in [6.07, 6.45) is 11.9. The normalized spacial score (nSPS) is 23.6. The zero-order valence-electron chi connectivity index (χ0n) is 14.0. The molecule has 126 valence electrons. The van der Waals surface area contributed by atoms with Gasteiger partial charge in [-0.3, -0.25) is 14.7 Å². The average Bonchev–Trinajstić information content (AvgIpc) is 2.62. The van der Waals surface area contributed by atoms with Crippen molar-refractivity contribution in [3.63, 3.8) is 0 Å². The molecule has 0 radical (unpaired) electrons. The Bertz CT molecular complexity index is 485. The number of piperidine rings is 1. The molecular weight excluding hydrogens is 286 g/mol. The third-order valence-electron chi connectivity index (χ3n) is 5.30.